The first-order valence-corrected chi connectivity index (χ1v) is 7.64. The molecule has 0 saturated heterocycles. The molecule has 0 aromatic carbocycles. The van der Waals surface area contributed by atoms with Gasteiger partial charge in [0.05, 0.1) is 11.9 Å². The van der Waals surface area contributed by atoms with Gasteiger partial charge in [0.1, 0.15) is 11.0 Å². The fourth-order valence-electron chi connectivity index (χ4n) is 1.16. The highest BCUT2D eigenvalue weighted by Crippen LogP contribution is 2.16. The number of halogens is 1. The topological polar surface area (TPSA) is 64.0 Å². The number of terminal acetylenes is 1. The summed E-state index contributed by atoms with van der Waals surface area (Å²) in [5, 5.41) is 6.97. The number of anilines is 1. The van der Waals surface area contributed by atoms with Crippen LogP contribution in [0.5, 0.6) is 0 Å². The number of hydrogen-bond acceptors (Lipinski definition) is 4. The molecule has 0 bridgehead atoms. The zero-order valence-corrected chi connectivity index (χ0v) is 12.5. The number of aromatic nitrogens is 2. The minimum absolute atomic E-state index is 0.00922. The van der Waals surface area contributed by atoms with Crippen LogP contribution < -0.4 is 10.9 Å². The van der Waals surface area contributed by atoms with Crippen molar-refractivity contribution >= 4 is 32.4 Å². The van der Waals surface area contributed by atoms with Crippen molar-refractivity contribution < 1.29 is 4.21 Å². The Hall–Kier alpha value is -1.13. The highest BCUT2D eigenvalue weighted by molar-refractivity contribution is 9.10. The first kappa shape index (κ1) is 14.9. The van der Waals surface area contributed by atoms with Crippen molar-refractivity contribution in [2.75, 3.05) is 18.1 Å². The lowest BCUT2D eigenvalue weighted by Gasteiger charge is -2.12. The maximum absolute atomic E-state index is 11.8. The minimum atomic E-state index is -0.911. The summed E-state index contributed by atoms with van der Waals surface area (Å²) in [5.41, 5.74) is 0.286. The predicted octanol–water partition coefficient (Wildman–Crippen LogP) is 0.818. The molecule has 98 valence electrons. The quantitative estimate of drug-likeness (QED) is 0.811. The van der Waals surface area contributed by atoms with E-state index in [1.807, 2.05) is 6.92 Å². The Bertz CT molecular complexity index is 550. The number of nitrogens with one attached hydrogen (secondary N) is 1. The molecule has 0 radical (unpaired) electrons. The summed E-state index contributed by atoms with van der Waals surface area (Å²) in [4.78, 5) is 11.8. The van der Waals surface area contributed by atoms with Gasteiger partial charge in [-0.3, -0.25) is 9.00 Å². The van der Waals surface area contributed by atoms with Crippen LogP contribution in [-0.4, -0.2) is 32.0 Å². The third kappa shape index (κ3) is 3.68. The van der Waals surface area contributed by atoms with Gasteiger partial charge in [-0.05, 0) is 22.9 Å². The molecular formula is C11H14BrN3O2S. The summed E-state index contributed by atoms with van der Waals surface area (Å²) in [6.45, 7) is 2.50. The Labute approximate surface area is 117 Å². The predicted molar refractivity (Wildman–Crippen MR) is 77.0 cm³/mol. The van der Waals surface area contributed by atoms with Gasteiger partial charge < -0.3 is 5.32 Å². The summed E-state index contributed by atoms with van der Waals surface area (Å²) >= 11 is 3.21. The van der Waals surface area contributed by atoms with Gasteiger partial charge in [-0.15, -0.1) is 6.42 Å². The fraction of sp³-hybridized carbons (Fsp3) is 0.455. The van der Waals surface area contributed by atoms with Gasteiger partial charge in [-0.1, -0.05) is 5.92 Å². The first-order chi connectivity index (χ1) is 8.47. The zero-order valence-electron chi connectivity index (χ0n) is 10.1. The average molecular weight is 332 g/mol. The molecule has 0 saturated carbocycles. The van der Waals surface area contributed by atoms with Crippen molar-refractivity contribution in [2.45, 2.75) is 18.7 Å². The third-order valence-electron chi connectivity index (χ3n) is 2.37. The molecule has 18 heavy (non-hydrogen) atoms. The second-order valence-corrected chi connectivity index (χ2v) is 6.32. The summed E-state index contributed by atoms with van der Waals surface area (Å²) in [7, 11) is -0.911. The summed E-state index contributed by atoms with van der Waals surface area (Å²) in [5.74, 6) is 2.36. The van der Waals surface area contributed by atoms with Crippen LogP contribution in [0.2, 0.25) is 0 Å². The molecular weight excluding hydrogens is 318 g/mol. The van der Waals surface area contributed by atoms with Crippen molar-refractivity contribution in [3.05, 3.63) is 21.0 Å². The first-order valence-electron chi connectivity index (χ1n) is 5.22. The largest absolute Gasteiger partial charge is 0.381 e. The maximum Gasteiger partial charge on any atom is 0.284 e. The number of rotatable bonds is 5. The molecule has 5 nitrogen and oxygen atoms in total. The van der Waals surface area contributed by atoms with Gasteiger partial charge in [-0.25, -0.2) is 4.68 Å². The Morgan fingerprint density at radius 3 is 2.94 bits per heavy atom. The van der Waals surface area contributed by atoms with Gasteiger partial charge in [0.25, 0.3) is 5.56 Å². The van der Waals surface area contributed by atoms with Crippen LogP contribution in [0, 0.1) is 12.3 Å². The molecule has 0 fully saturated rings. The molecule has 2 unspecified atom stereocenters. The second kappa shape index (κ2) is 6.71. The molecule has 1 aromatic rings. The van der Waals surface area contributed by atoms with Crippen LogP contribution in [0.15, 0.2) is 15.5 Å². The Kier molecular flexibility index (Phi) is 5.56. The summed E-state index contributed by atoms with van der Waals surface area (Å²) in [6.07, 6.45) is 8.30. The van der Waals surface area contributed by atoms with Crippen molar-refractivity contribution in [2.24, 2.45) is 0 Å². The lowest BCUT2D eigenvalue weighted by atomic mass is 10.4. The smallest absolute Gasteiger partial charge is 0.284 e. The number of hydrogen-bond donors (Lipinski definition) is 1. The molecule has 2 atom stereocenters. The van der Waals surface area contributed by atoms with E-state index >= 15 is 0 Å². The van der Waals surface area contributed by atoms with Crippen LogP contribution >= 0.6 is 15.9 Å². The van der Waals surface area contributed by atoms with Crippen LogP contribution in [0.25, 0.3) is 0 Å². The standard InChI is InChI=1S/C11H14BrN3O2S/c1-4-5-15-11(16)10(12)9(7-14-15)13-6-8(2)18(3)17/h1,7-8,13H,5-6H2,2-3H3. The third-order valence-corrected chi connectivity index (χ3v) is 4.44. The van der Waals surface area contributed by atoms with Crippen molar-refractivity contribution in [1.82, 2.24) is 9.78 Å². The van der Waals surface area contributed by atoms with Crippen molar-refractivity contribution in [1.29, 1.82) is 0 Å². The molecule has 7 heteroatoms. The summed E-state index contributed by atoms with van der Waals surface area (Å²) < 4.78 is 12.8. The Morgan fingerprint density at radius 1 is 1.72 bits per heavy atom. The van der Waals surface area contributed by atoms with E-state index in [4.69, 9.17) is 6.42 Å². The Morgan fingerprint density at radius 2 is 2.39 bits per heavy atom. The monoisotopic (exact) mass is 331 g/mol. The van der Waals surface area contributed by atoms with Gasteiger partial charge in [0.15, 0.2) is 0 Å². The molecule has 0 aliphatic carbocycles. The highest BCUT2D eigenvalue weighted by atomic mass is 79.9. The minimum Gasteiger partial charge on any atom is -0.381 e. The van der Waals surface area contributed by atoms with E-state index in [1.54, 1.807) is 6.26 Å². The van der Waals surface area contributed by atoms with Crippen LogP contribution in [0.3, 0.4) is 0 Å². The van der Waals surface area contributed by atoms with Crippen LogP contribution in [0.1, 0.15) is 6.92 Å². The SMILES string of the molecule is C#CCn1ncc(NCC(C)S(C)=O)c(Br)c1=O. The molecule has 1 N–H and O–H groups in total. The van der Waals surface area contributed by atoms with Crippen LogP contribution in [-0.2, 0) is 17.3 Å². The molecule has 1 rings (SSSR count). The van der Waals surface area contributed by atoms with E-state index in [1.165, 1.54) is 10.9 Å². The van der Waals surface area contributed by atoms with Gasteiger partial charge in [-0.2, -0.15) is 5.10 Å². The molecule has 1 aromatic heterocycles. The van der Waals surface area contributed by atoms with E-state index < -0.39 is 10.8 Å². The van der Waals surface area contributed by atoms with E-state index in [9.17, 15) is 9.00 Å². The molecule has 0 spiro atoms. The van der Waals surface area contributed by atoms with Gasteiger partial charge >= 0.3 is 0 Å². The Balaban J connectivity index is 2.87. The van der Waals surface area contributed by atoms with Crippen LogP contribution in [0.4, 0.5) is 5.69 Å². The molecule has 1 heterocycles. The lowest BCUT2D eigenvalue weighted by Crippen LogP contribution is -2.26. The van der Waals surface area contributed by atoms with Gasteiger partial charge in [0, 0.05) is 28.9 Å². The van der Waals surface area contributed by atoms with E-state index in [2.05, 4.69) is 32.3 Å². The van der Waals surface area contributed by atoms with E-state index in [0.717, 1.165) is 0 Å². The summed E-state index contributed by atoms with van der Waals surface area (Å²) in [6, 6.07) is 0. The molecule has 0 amide bonds. The second-order valence-electron chi connectivity index (χ2n) is 3.73. The normalized spacial score (nSPS) is 13.7. The highest BCUT2D eigenvalue weighted by Gasteiger charge is 2.10. The van der Waals surface area contributed by atoms with Crippen molar-refractivity contribution in [3.63, 3.8) is 0 Å². The van der Waals surface area contributed by atoms with Gasteiger partial charge in [0.2, 0.25) is 0 Å². The van der Waals surface area contributed by atoms with Crippen molar-refractivity contribution in [3.8, 4) is 12.3 Å². The average Bonchev–Trinajstić information content (AvgIpc) is 2.33. The molecule has 0 aliphatic heterocycles. The maximum atomic E-state index is 11.8. The van der Waals surface area contributed by atoms with E-state index in [-0.39, 0.29) is 17.4 Å². The zero-order chi connectivity index (χ0) is 13.7. The lowest BCUT2D eigenvalue weighted by molar-refractivity contribution is 0.659. The molecule has 0 aliphatic rings. The van der Waals surface area contributed by atoms with E-state index in [0.29, 0.717) is 16.7 Å². The number of nitrogens with zero attached hydrogens (tertiary/aromatic N) is 2. The fourth-order valence-corrected chi connectivity index (χ4v) is 1.92.